The van der Waals surface area contributed by atoms with Crippen LogP contribution < -0.4 is 10.6 Å². The van der Waals surface area contributed by atoms with Gasteiger partial charge in [0.05, 0.1) is 10.7 Å². The summed E-state index contributed by atoms with van der Waals surface area (Å²) in [5.41, 5.74) is 1.41. The van der Waals surface area contributed by atoms with E-state index in [1.807, 2.05) is 19.9 Å². The number of hydrogen-bond donors (Lipinski definition) is 3. The van der Waals surface area contributed by atoms with Gasteiger partial charge in [-0.2, -0.15) is 0 Å². The first kappa shape index (κ1) is 16.3. The fourth-order valence-corrected chi connectivity index (χ4v) is 1.88. The number of halogens is 1. The molecule has 0 aliphatic carbocycles. The first-order chi connectivity index (χ1) is 9.43. The molecule has 2 amide bonds. The summed E-state index contributed by atoms with van der Waals surface area (Å²) < 4.78 is 0. The van der Waals surface area contributed by atoms with Crippen molar-refractivity contribution in [3.05, 3.63) is 28.8 Å². The highest BCUT2D eigenvalue weighted by molar-refractivity contribution is 6.33. The van der Waals surface area contributed by atoms with Crippen molar-refractivity contribution in [1.29, 1.82) is 0 Å². The normalized spacial score (nSPS) is 11.8. The molecule has 1 atom stereocenters. The van der Waals surface area contributed by atoms with Gasteiger partial charge >= 0.3 is 12.0 Å². The van der Waals surface area contributed by atoms with Gasteiger partial charge < -0.3 is 15.7 Å². The lowest BCUT2D eigenvalue weighted by Gasteiger charge is -2.15. The monoisotopic (exact) mass is 298 g/mol. The zero-order valence-corrected chi connectivity index (χ0v) is 12.3. The van der Waals surface area contributed by atoms with Gasteiger partial charge in [-0.3, -0.25) is 0 Å². The van der Waals surface area contributed by atoms with Crippen LogP contribution in [0, 0.1) is 6.92 Å². The standard InChI is InChI=1S/C14H19ClN2O3/c1-3-4-5-11(13(18)19)16-14(20)17-12-8-9(2)6-7-10(12)15/h6-8,11H,3-5H2,1-2H3,(H,18,19)(H2,16,17,20)/t11-/m0/s1. The number of carboxylic acid groups (broad SMARTS) is 1. The molecule has 3 N–H and O–H groups in total. The molecule has 1 aromatic carbocycles. The van der Waals surface area contributed by atoms with Crippen molar-refractivity contribution in [3.63, 3.8) is 0 Å². The largest absolute Gasteiger partial charge is 0.480 e. The number of benzene rings is 1. The Labute approximate surface area is 123 Å². The number of urea groups is 1. The first-order valence-corrected chi connectivity index (χ1v) is 6.88. The average Bonchev–Trinajstić information content (AvgIpc) is 2.38. The molecule has 0 bridgehead atoms. The van der Waals surface area contributed by atoms with Gasteiger partial charge in [0.2, 0.25) is 0 Å². The number of carbonyl (C=O) groups excluding carboxylic acids is 1. The number of hydrogen-bond acceptors (Lipinski definition) is 2. The Kier molecular flexibility index (Phi) is 6.31. The Balaban J connectivity index is 2.65. The summed E-state index contributed by atoms with van der Waals surface area (Å²) in [5, 5.41) is 14.5. The van der Waals surface area contributed by atoms with Crippen LogP contribution in [0.1, 0.15) is 31.7 Å². The molecule has 0 saturated carbocycles. The fraction of sp³-hybridized carbons (Fsp3) is 0.429. The van der Waals surface area contributed by atoms with Gasteiger partial charge in [0, 0.05) is 0 Å². The summed E-state index contributed by atoms with van der Waals surface area (Å²) in [6.07, 6.45) is 2.01. The summed E-state index contributed by atoms with van der Waals surface area (Å²) >= 11 is 5.96. The van der Waals surface area contributed by atoms with E-state index in [4.69, 9.17) is 16.7 Å². The van der Waals surface area contributed by atoms with Crippen LogP contribution in [-0.2, 0) is 4.79 Å². The fourth-order valence-electron chi connectivity index (χ4n) is 1.72. The number of aryl methyl sites for hydroxylation is 1. The molecule has 0 spiro atoms. The lowest BCUT2D eigenvalue weighted by Crippen LogP contribution is -2.43. The zero-order valence-electron chi connectivity index (χ0n) is 11.6. The van der Waals surface area contributed by atoms with Crippen molar-refractivity contribution >= 4 is 29.3 Å². The molecule has 20 heavy (non-hydrogen) atoms. The predicted octanol–water partition coefficient (Wildman–Crippen LogP) is 3.41. The van der Waals surface area contributed by atoms with Gasteiger partial charge in [-0.15, -0.1) is 0 Å². The van der Waals surface area contributed by atoms with Crippen molar-refractivity contribution in [3.8, 4) is 0 Å². The van der Waals surface area contributed by atoms with Crippen LogP contribution in [0.5, 0.6) is 0 Å². The minimum absolute atomic E-state index is 0.404. The molecular weight excluding hydrogens is 280 g/mol. The molecule has 6 heteroatoms. The molecule has 0 radical (unpaired) electrons. The molecule has 0 aliphatic heterocycles. The number of unbranched alkanes of at least 4 members (excludes halogenated alkanes) is 1. The highest BCUT2D eigenvalue weighted by Crippen LogP contribution is 2.22. The van der Waals surface area contributed by atoms with Crippen molar-refractivity contribution in [2.24, 2.45) is 0 Å². The average molecular weight is 299 g/mol. The maximum absolute atomic E-state index is 11.8. The van der Waals surface area contributed by atoms with Crippen LogP contribution in [-0.4, -0.2) is 23.1 Å². The van der Waals surface area contributed by atoms with Crippen LogP contribution in [0.4, 0.5) is 10.5 Å². The number of rotatable bonds is 6. The molecular formula is C14H19ClN2O3. The number of aliphatic carboxylic acids is 1. The van der Waals surface area contributed by atoms with Crippen LogP contribution in [0.15, 0.2) is 18.2 Å². The molecule has 0 unspecified atom stereocenters. The summed E-state index contributed by atoms with van der Waals surface area (Å²) in [6.45, 7) is 3.84. The van der Waals surface area contributed by atoms with Crippen LogP contribution in [0.25, 0.3) is 0 Å². The lowest BCUT2D eigenvalue weighted by atomic mass is 10.1. The van der Waals surface area contributed by atoms with Gasteiger partial charge in [0.25, 0.3) is 0 Å². The quantitative estimate of drug-likeness (QED) is 0.753. The Bertz CT molecular complexity index is 491. The van der Waals surface area contributed by atoms with Gasteiger partial charge in [-0.25, -0.2) is 9.59 Å². The number of carbonyl (C=O) groups is 2. The van der Waals surface area contributed by atoms with Gasteiger partial charge in [-0.1, -0.05) is 37.4 Å². The van der Waals surface area contributed by atoms with E-state index in [9.17, 15) is 9.59 Å². The van der Waals surface area contributed by atoms with E-state index < -0.39 is 18.0 Å². The second-order valence-electron chi connectivity index (χ2n) is 4.61. The van der Waals surface area contributed by atoms with Gasteiger partial charge in [-0.05, 0) is 31.0 Å². The van der Waals surface area contributed by atoms with E-state index >= 15 is 0 Å². The molecule has 0 fully saturated rings. The van der Waals surface area contributed by atoms with Crippen LogP contribution in [0.3, 0.4) is 0 Å². The predicted molar refractivity (Wildman–Crippen MR) is 79.3 cm³/mol. The van der Waals surface area contributed by atoms with E-state index in [0.717, 1.165) is 18.4 Å². The van der Waals surface area contributed by atoms with Crippen molar-refractivity contribution in [2.75, 3.05) is 5.32 Å². The molecule has 0 aromatic heterocycles. The molecule has 0 heterocycles. The Hall–Kier alpha value is -1.75. The van der Waals surface area contributed by atoms with Gasteiger partial charge in [0.1, 0.15) is 6.04 Å². The number of nitrogens with one attached hydrogen (secondary N) is 2. The number of amides is 2. The second kappa shape index (κ2) is 7.75. The van der Waals surface area contributed by atoms with Crippen LogP contribution >= 0.6 is 11.6 Å². The summed E-state index contributed by atoms with van der Waals surface area (Å²) in [6, 6.07) is 3.77. The van der Waals surface area contributed by atoms with Crippen molar-refractivity contribution < 1.29 is 14.7 Å². The van der Waals surface area contributed by atoms with E-state index in [1.165, 1.54) is 0 Å². The molecule has 1 aromatic rings. The summed E-state index contributed by atoms with van der Waals surface area (Å²) in [7, 11) is 0. The maximum atomic E-state index is 11.8. The van der Waals surface area contributed by atoms with Crippen molar-refractivity contribution in [2.45, 2.75) is 39.2 Å². The Morgan fingerprint density at radius 2 is 2.10 bits per heavy atom. The van der Waals surface area contributed by atoms with E-state index in [-0.39, 0.29) is 0 Å². The summed E-state index contributed by atoms with van der Waals surface area (Å²) in [5.74, 6) is -1.04. The molecule has 5 nitrogen and oxygen atoms in total. The molecule has 1 rings (SSSR count). The highest BCUT2D eigenvalue weighted by atomic mass is 35.5. The SMILES string of the molecule is CCCC[C@H](NC(=O)Nc1cc(C)ccc1Cl)C(=O)O. The van der Waals surface area contributed by atoms with Crippen LogP contribution in [0.2, 0.25) is 5.02 Å². The molecule has 0 saturated heterocycles. The maximum Gasteiger partial charge on any atom is 0.326 e. The third-order valence-corrected chi connectivity index (χ3v) is 3.15. The third kappa shape index (κ3) is 5.09. The van der Waals surface area contributed by atoms with E-state index in [1.54, 1.807) is 12.1 Å². The number of anilines is 1. The van der Waals surface area contributed by atoms with E-state index in [2.05, 4.69) is 10.6 Å². The molecule has 110 valence electrons. The third-order valence-electron chi connectivity index (χ3n) is 2.82. The van der Waals surface area contributed by atoms with E-state index in [0.29, 0.717) is 17.1 Å². The second-order valence-corrected chi connectivity index (χ2v) is 5.02. The molecule has 0 aliphatic rings. The smallest absolute Gasteiger partial charge is 0.326 e. The minimum atomic E-state index is -1.04. The minimum Gasteiger partial charge on any atom is -0.480 e. The highest BCUT2D eigenvalue weighted by Gasteiger charge is 2.19. The Morgan fingerprint density at radius 3 is 2.70 bits per heavy atom. The van der Waals surface area contributed by atoms with Gasteiger partial charge in [0.15, 0.2) is 0 Å². The Morgan fingerprint density at radius 1 is 1.40 bits per heavy atom. The lowest BCUT2D eigenvalue weighted by molar-refractivity contribution is -0.139. The zero-order chi connectivity index (χ0) is 15.1. The number of carboxylic acids is 1. The van der Waals surface area contributed by atoms with Crippen molar-refractivity contribution in [1.82, 2.24) is 5.32 Å². The first-order valence-electron chi connectivity index (χ1n) is 6.50. The summed E-state index contributed by atoms with van der Waals surface area (Å²) in [4.78, 5) is 22.9. The topological polar surface area (TPSA) is 78.4 Å².